The van der Waals surface area contributed by atoms with Gasteiger partial charge in [-0.1, -0.05) is 27.2 Å². The minimum atomic E-state index is -2.42. The molecule has 12 atom stereocenters. The first kappa shape index (κ1) is 64.5. The van der Waals surface area contributed by atoms with Crippen LogP contribution in [0.1, 0.15) is 70.4 Å². The monoisotopic (exact) mass is 1210 g/mol. The van der Waals surface area contributed by atoms with Crippen LogP contribution in [0.15, 0.2) is 29.3 Å². The van der Waals surface area contributed by atoms with Gasteiger partial charge in [0.1, 0.15) is 53.3 Å². The summed E-state index contributed by atoms with van der Waals surface area (Å²) in [5.74, 6) is -11.3. The van der Waals surface area contributed by atoms with E-state index in [0.717, 1.165) is 22.0 Å². The molecule has 0 aliphatic carbocycles. The smallest absolute Gasteiger partial charge is 0.253 e. The van der Waals surface area contributed by atoms with Crippen molar-refractivity contribution >= 4 is 98.4 Å². The van der Waals surface area contributed by atoms with E-state index in [4.69, 9.17) is 10.5 Å². The third kappa shape index (κ3) is 15.4. The molecular formula is C53H74N12O17S2. The lowest BCUT2D eigenvalue weighted by molar-refractivity contribution is -0.144. The van der Waals surface area contributed by atoms with E-state index in [1.54, 1.807) is 30.9 Å². The molecule has 2 fully saturated rings. The lowest BCUT2D eigenvalue weighted by Crippen LogP contribution is -2.62. The highest BCUT2D eigenvalue weighted by molar-refractivity contribution is 7.99. The van der Waals surface area contributed by atoms with Crippen LogP contribution in [-0.4, -0.2) is 228 Å². The van der Waals surface area contributed by atoms with Gasteiger partial charge in [-0.3, -0.25) is 67.2 Å². The topological polar surface area (TPSA) is 431 Å². The van der Waals surface area contributed by atoms with Gasteiger partial charge >= 0.3 is 0 Å². The molecule has 1 aromatic carbocycles. The number of amides is 11. The summed E-state index contributed by atoms with van der Waals surface area (Å²) in [5.41, 5.74) is 6.60. The lowest BCUT2D eigenvalue weighted by atomic mass is 9.93. The van der Waals surface area contributed by atoms with Crippen molar-refractivity contribution in [2.75, 3.05) is 58.7 Å². The molecule has 5 aliphatic rings. The molecule has 2 aromatic rings. The highest BCUT2D eigenvalue weighted by Gasteiger charge is 2.45. The number of hydrogen-bond acceptors (Lipinski definition) is 19. The molecule has 1 aromatic heterocycles. The number of fused-ring (bicyclic) bond motifs is 5. The van der Waals surface area contributed by atoms with Crippen molar-refractivity contribution in [1.29, 1.82) is 0 Å². The summed E-state index contributed by atoms with van der Waals surface area (Å²) in [6.07, 6.45) is -2.93. The molecule has 84 heavy (non-hydrogen) atoms. The number of ether oxygens (including phenoxy) is 1. The van der Waals surface area contributed by atoms with Crippen LogP contribution in [0.2, 0.25) is 0 Å². The number of primary amides is 1. The van der Waals surface area contributed by atoms with Gasteiger partial charge in [0.2, 0.25) is 53.2 Å². The van der Waals surface area contributed by atoms with Gasteiger partial charge in [0, 0.05) is 85.5 Å². The summed E-state index contributed by atoms with van der Waals surface area (Å²) < 4.78 is 21.2. The van der Waals surface area contributed by atoms with Crippen LogP contribution in [0.5, 0.6) is 5.75 Å². The van der Waals surface area contributed by atoms with Crippen molar-refractivity contribution in [1.82, 2.24) is 56.9 Å². The number of nitrogens with two attached hydrogens (primary N) is 1. The molecular weight excluding hydrogens is 1140 g/mol. The van der Waals surface area contributed by atoms with Crippen molar-refractivity contribution in [3.63, 3.8) is 0 Å². The van der Waals surface area contributed by atoms with E-state index in [0.29, 0.717) is 54.6 Å². The Kier molecular flexibility index (Phi) is 22.0. The molecule has 11 amide bonds. The Balaban J connectivity index is 1.33. The summed E-state index contributed by atoms with van der Waals surface area (Å²) in [6.45, 7) is 2.64. The zero-order chi connectivity index (χ0) is 61.3. The van der Waals surface area contributed by atoms with E-state index < -0.39 is 188 Å². The molecule has 14 N–H and O–H groups in total. The summed E-state index contributed by atoms with van der Waals surface area (Å²) >= 11 is 1.53. The van der Waals surface area contributed by atoms with Gasteiger partial charge in [-0.15, -0.1) is 0 Å². The molecule has 6 heterocycles. The van der Waals surface area contributed by atoms with Crippen molar-refractivity contribution in [3.05, 3.63) is 35.4 Å². The predicted octanol–water partition coefficient (Wildman–Crippen LogP) is -5.29. The summed E-state index contributed by atoms with van der Waals surface area (Å²) in [4.78, 5) is 157. The van der Waals surface area contributed by atoms with E-state index in [1.807, 2.05) is 0 Å². The summed E-state index contributed by atoms with van der Waals surface area (Å²) in [5, 5.41) is 61.5. The number of rotatable bonds is 14. The highest BCUT2D eigenvalue weighted by Crippen LogP contribution is 2.38. The third-order valence-electron chi connectivity index (χ3n) is 15.8. The zero-order valence-electron chi connectivity index (χ0n) is 46.9. The van der Waals surface area contributed by atoms with Crippen LogP contribution < -0.4 is 47.7 Å². The number of carbonyl (C=O) groups excluding carboxylic acids is 11. The number of imide groups is 1. The second-order valence-electron chi connectivity index (χ2n) is 21.5. The first-order valence-corrected chi connectivity index (χ1v) is 30.1. The quantitative estimate of drug-likeness (QED) is 0.0786. The molecule has 0 radical (unpaired) electrons. The number of nitrogens with one attached hydrogen (secondary N) is 8. The fourth-order valence-corrected chi connectivity index (χ4v) is 13.4. The highest BCUT2D eigenvalue weighted by atomic mass is 32.2. The number of aliphatic hydroxyl groups is 4. The number of hydrogen-bond donors (Lipinski definition) is 13. The van der Waals surface area contributed by atoms with Gasteiger partial charge in [-0.25, -0.2) is 0 Å². The van der Waals surface area contributed by atoms with Crippen LogP contribution >= 0.6 is 11.8 Å². The number of H-pyrrole nitrogens is 1. The van der Waals surface area contributed by atoms with Gasteiger partial charge in [0.05, 0.1) is 67.5 Å². The number of piperidine rings is 1. The Bertz CT molecular complexity index is 2920. The second kappa shape index (κ2) is 28.7. The minimum Gasteiger partial charge on any atom is -0.496 e. The predicted molar refractivity (Wildman–Crippen MR) is 300 cm³/mol. The van der Waals surface area contributed by atoms with Crippen molar-refractivity contribution in [3.8, 4) is 5.75 Å². The lowest BCUT2D eigenvalue weighted by Gasteiger charge is -2.33. The van der Waals surface area contributed by atoms with Crippen molar-refractivity contribution in [2.24, 2.45) is 17.6 Å². The molecule has 29 nitrogen and oxygen atoms in total. The zero-order valence-corrected chi connectivity index (χ0v) is 48.5. The second-order valence-corrected chi connectivity index (χ2v) is 24.3. The maximum atomic E-state index is 15.4. The number of carbonyl (C=O) groups is 11. The third-order valence-corrected chi connectivity index (χ3v) is 18.7. The first-order chi connectivity index (χ1) is 39.9. The van der Waals surface area contributed by atoms with Crippen LogP contribution in [0.3, 0.4) is 0 Å². The molecule has 0 saturated carbocycles. The number of nitrogens with zero attached hydrogens (tertiary/aromatic N) is 3. The van der Waals surface area contributed by atoms with E-state index in [-0.39, 0.29) is 40.5 Å². The average molecular weight is 1220 g/mol. The van der Waals surface area contributed by atoms with Crippen LogP contribution in [0.4, 0.5) is 0 Å². The molecule has 2 saturated heterocycles. The summed E-state index contributed by atoms with van der Waals surface area (Å²) in [6, 6.07) is -6.78. The Hall–Kier alpha value is -7.03. The Morgan fingerprint density at radius 3 is 2.24 bits per heavy atom. The fraction of sp³-hybridized carbons (Fsp3) is 0.604. The van der Waals surface area contributed by atoms with E-state index >= 15 is 4.21 Å². The molecule has 7 rings (SSSR count). The largest absolute Gasteiger partial charge is 0.496 e. The van der Waals surface area contributed by atoms with Crippen molar-refractivity contribution in [2.45, 2.75) is 136 Å². The minimum absolute atomic E-state index is 0.00975. The van der Waals surface area contributed by atoms with E-state index in [9.17, 15) is 73.2 Å². The van der Waals surface area contributed by atoms with E-state index in [1.165, 1.54) is 25.8 Å². The number of aromatic amines is 1. The number of aromatic nitrogens is 1. The van der Waals surface area contributed by atoms with Crippen LogP contribution in [0.25, 0.3) is 10.9 Å². The molecule has 460 valence electrons. The Morgan fingerprint density at radius 1 is 0.881 bits per heavy atom. The van der Waals surface area contributed by atoms with E-state index in [2.05, 4.69) is 42.2 Å². The molecule has 2 bridgehead atoms. The van der Waals surface area contributed by atoms with Gasteiger partial charge in [-0.2, -0.15) is 11.8 Å². The summed E-state index contributed by atoms with van der Waals surface area (Å²) in [7, 11) is -0.989. The Labute approximate surface area is 489 Å². The molecule has 31 heteroatoms. The number of benzene rings is 1. The number of methoxy groups -OCH3 is 1. The Morgan fingerprint density at radius 2 is 1.58 bits per heavy atom. The van der Waals surface area contributed by atoms with Gasteiger partial charge in [0.15, 0.2) is 0 Å². The van der Waals surface area contributed by atoms with Crippen LogP contribution in [-0.2, 0) is 75.7 Å². The van der Waals surface area contributed by atoms with Gasteiger partial charge in [-0.05, 0) is 36.5 Å². The van der Waals surface area contributed by atoms with Gasteiger partial charge < -0.3 is 77.6 Å². The first-order valence-electron chi connectivity index (χ1n) is 27.7. The molecule has 0 spiro atoms. The number of likely N-dealkylation sites (tertiary alicyclic amines) is 1. The molecule has 2 unspecified atom stereocenters. The molecule has 5 aliphatic heterocycles. The number of aliphatic hydroxyl groups excluding tert-OH is 4. The van der Waals surface area contributed by atoms with Gasteiger partial charge in [0.25, 0.3) is 11.8 Å². The van der Waals surface area contributed by atoms with Crippen molar-refractivity contribution < 1.29 is 82.1 Å². The normalized spacial score (nSPS) is 27.6. The fourth-order valence-electron chi connectivity index (χ4n) is 10.7. The number of β-amino-alcohol motifs (C(OH)–C–C–N with tert-alkyl or cyclic N) is 1. The average Bonchev–Trinajstić information content (AvgIpc) is 2.25. The van der Waals surface area contributed by atoms with Crippen LogP contribution in [0, 0.1) is 11.8 Å². The maximum Gasteiger partial charge on any atom is 0.253 e. The SMILES string of the molecule is CC[C@H](C)[C@@H]1NC(=O)CNC(=O)[C@@H]2Cc3c([nH]c4c(CSC5CCN(C(=O)CCN6C(=O)C=CC6=O)CC5)c(OC)ccc34)S(=O)C[C@H](NC(O)CNC1=O)C(=O)N[C@@H](CC(N)=O)C(=O)N1C[C@H](O)C[C@H]1C(=O)N[C@@H]([C@@H](C)[C@@H](O)CO)C(=O)N2. The standard InChI is InChI=1S/C53H74N12O17S2/c1-5-25(2)44-50(78)56-19-39(70)57-34-24-84(81)52-30(29-6-7-37(82-4)31(46(29)62-52)23-83-28-10-13-63(14-11-28)41(72)12-15-64-42(73)8-9-43(64)74)17-32(47(75)55-20-40(71)60-44)58-51(79)45(26(3)36(68)22-66)61-49(77)35-16-27(67)21-65(35)53(80)33(18-38(54)69)59-48(34)76/h6-9,25-28,32-36,39,44-45,57,62,66-68,70H,5,10-24H2,1-4H3,(H2,54,69)(H,55,75)(H,56,78)(H,58,79)(H,59,76)(H,60,71)(H,61,77)/t25-,26-,27+,32-,33-,34-,35-,36-,39?,44-,45-,84?/m0/s1. The number of thioether (sulfide) groups is 1. The maximum absolute atomic E-state index is 15.4.